The summed E-state index contributed by atoms with van der Waals surface area (Å²) in [6.07, 6.45) is 0. The maximum atomic E-state index is 13.9. The molecule has 0 aliphatic heterocycles. The molecule has 1 amide bonds. The molecule has 3 aromatic carbocycles. The molecule has 0 aliphatic rings. The van der Waals surface area contributed by atoms with Gasteiger partial charge in [0.15, 0.2) is 0 Å². The van der Waals surface area contributed by atoms with Gasteiger partial charge in [0.2, 0.25) is 11.5 Å². The molecule has 0 saturated heterocycles. The first-order valence-corrected chi connectivity index (χ1v) is 10.9. The highest BCUT2D eigenvalue weighted by Crippen LogP contribution is 2.18. The molecule has 2 aromatic heterocycles. The van der Waals surface area contributed by atoms with Crippen molar-refractivity contribution in [2.75, 3.05) is 0 Å². The summed E-state index contributed by atoms with van der Waals surface area (Å²) in [4.78, 5) is 30.4. The molecule has 1 N–H and O–H groups in total. The Hall–Kier alpha value is -4.04. The minimum atomic E-state index is -0.604. The van der Waals surface area contributed by atoms with Crippen molar-refractivity contribution in [3.8, 4) is 0 Å². The van der Waals surface area contributed by atoms with E-state index < -0.39 is 17.3 Å². The predicted octanol–water partition coefficient (Wildman–Crippen LogP) is 4.12. The van der Waals surface area contributed by atoms with Crippen molar-refractivity contribution >= 4 is 34.2 Å². The molecule has 2 heterocycles. The predicted molar refractivity (Wildman–Crippen MR) is 128 cm³/mol. The second-order valence-corrected chi connectivity index (χ2v) is 8.39. The number of benzene rings is 3. The van der Waals surface area contributed by atoms with Gasteiger partial charge >= 0.3 is 0 Å². The lowest BCUT2D eigenvalue weighted by molar-refractivity contribution is 0.0940. The van der Waals surface area contributed by atoms with Gasteiger partial charge in [-0.3, -0.25) is 14.2 Å². The third-order valence-corrected chi connectivity index (χ3v) is 5.76. The number of nitrogens with zero attached hydrogens (tertiary/aromatic N) is 4. The molecule has 0 unspecified atom stereocenters. The maximum Gasteiger partial charge on any atom is 0.296 e. The van der Waals surface area contributed by atoms with Crippen LogP contribution < -0.4 is 10.9 Å². The monoisotopic (exact) mass is 475 g/mol. The zero-order chi connectivity index (χ0) is 23.8. The van der Waals surface area contributed by atoms with Crippen molar-refractivity contribution in [2.24, 2.45) is 0 Å². The van der Waals surface area contributed by atoms with Crippen LogP contribution >= 0.6 is 11.6 Å². The van der Waals surface area contributed by atoms with E-state index in [-0.39, 0.29) is 24.6 Å². The SMILES string of the molecule is Cc1ccc2c(c1)n(Cc1cccc(Cl)c1)c(=O)c1nc(C(=O)NCc3ccccc3F)nn12. The molecule has 0 bridgehead atoms. The van der Waals surface area contributed by atoms with Gasteiger partial charge in [0.05, 0.1) is 17.6 Å². The fraction of sp³-hybridized carbons (Fsp3) is 0.120. The first-order valence-electron chi connectivity index (χ1n) is 10.6. The number of aryl methyl sites for hydroxylation is 1. The van der Waals surface area contributed by atoms with Crippen LogP contribution in [0.5, 0.6) is 0 Å². The summed E-state index contributed by atoms with van der Waals surface area (Å²) in [5, 5.41) is 7.48. The van der Waals surface area contributed by atoms with E-state index in [9.17, 15) is 14.0 Å². The van der Waals surface area contributed by atoms with Gasteiger partial charge in [0, 0.05) is 17.1 Å². The van der Waals surface area contributed by atoms with Crippen LogP contribution in [0.1, 0.15) is 27.3 Å². The zero-order valence-corrected chi connectivity index (χ0v) is 18.9. The molecule has 9 heteroatoms. The quantitative estimate of drug-likeness (QED) is 0.414. The summed E-state index contributed by atoms with van der Waals surface area (Å²) < 4.78 is 16.9. The highest BCUT2D eigenvalue weighted by Gasteiger charge is 2.19. The van der Waals surface area contributed by atoms with Crippen LogP contribution in [-0.2, 0) is 13.1 Å². The van der Waals surface area contributed by atoms with Gasteiger partial charge < -0.3 is 5.32 Å². The highest BCUT2D eigenvalue weighted by molar-refractivity contribution is 6.30. The van der Waals surface area contributed by atoms with Gasteiger partial charge in [0.1, 0.15) is 5.82 Å². The number of fused-ring (bicyclic) bond motifs is 3. The summed E-state index contributed by atoms with van der Waals surface area (Å²) in [5.74, 6) is -1.19. The van der Waals surface area contributed by atoms with E-state index in [0.29, 0.717) is 21.6 Å². The minimum absolute atomic E-state index is 0.0226. The smallest absolute Gasteiger partial charge is 0.296 e. The van der Waals surface area contributed by atoms with Crippen LogP contribution in [0.3, 0.4) is 0 Å². The molecule has 7 nitrogen and oxygen atoms in total. The number of halogens is 2. The lowest BCUT2D eigenvalue weighted by Gasteiger charge is -2.12. The summed E-state index contributed by atoms with van der Waals surface area (Å²) in [6, 6.07) is 19.1. The molecule has 170 valence electrons. The van der Waals surface area contributed by atoms with Gasteiger partial charge in [0.25, 0.3) is 11.5 Å². The molecule has 0 radical (unpaired) electrons. The number of amides is 1. The second-order valence-electron chi connectivity index (χ2n) is 7.96. The third kappa shape index (κ3) is 4.04. The zero-order valence-electron chi connectivity index (χ0n) is 18.1. The number of carbonyl (C=O) groups excluding carboxylic acids is 1. The van der Waals surface area contributed by atoms with E-state index >= 15 is 0 Å². The number of carbonyl (C=O) groups is 1. The maximum absolute atomic E-state index is 13.9. The van der Waals surface area contributed by atoms with Crippen molar-refractivity contribution in [2.45, 2.75) is 20.0 Å². The van der Waals surface area contributed by atoms with E-state index in [1.165, 1.54) is 10.6 Å². The summed E-state index contributed by atoms with van der Waals surface area (Å²) in [6.45, 7) is 2.18. The average Bonchev–Trinajstić information content (AvgIpc) is 3.27. The molecule has 0 aliphatic carbocycles. The number of nitrogens with one attached hydrogen (secondary N) is 1. The third-order valence-electron chi connectivity index (χ3n) is 5.52. The van der Waals surface area contributed by atoms with Gasteiger partial charge in [-0.05, 0) is 48.4 Å². The van der Waals surface area contributed by atoms with Gasteiger partial charge in [-0.15, -0.1) is 5.10 Å². The topological polar surface area (TPSA) is 81.3 Å². The number of hydrogen-bond acceptors (Lipinski definition) is 4. The molecule has 0 atom stereocenters. The Morgan fingerprint density at radius 2 is 1.88 bits per heavy atom. The average molecular weight is 476 g/mol. The molecule has 0 fully saturated rings. The van der Waals surface area contributed by atoms with Crippen molar-refractivity contribution in [1.82, 2.24) is 24.5 Å². The van der Waals surface area contributed by atoms with E-state index in [0.717, 1.165) is 11.1 Å². The lowest BCUT2D eigenvalue weighted by atomic mass is 10.2. The van der Waals surface area contributed by atoms with Crippen LogP contribution in [0.25, 0.3) is 16.7 Å². The number of rotatable bonds is 5. The summed E-state index contributed by atoms with van der Waals surface area (Å²) in [7, 11) is 0. The van der Waals surface area contributed by atoms with Gasteiger partial charge in [-0.25, -0.2) is 8.91 Å². The van der Waals surface area contributed by atoms with Crippen LogP contribution in [0.15, 0.2) is 71.5 Å². The molecule has 5 rings (SSSR count). The first-order chi connectivity index (χ1) is 16.4. The Labute approximate surface area is 198 Å². The van der Waals surface area contributed by atoms with Crippen LogP contribution in [0.4, 0.5) is 4.39 Å². The normalized spacial score (nSPS) is 11.3. The number of aromatic nitrogens is 4. The molecule has 34 heavy (non-hydrogen) atoms. The van der Waals surface area contributed by atoms with E-state index in [2.05, 4.69) is 15.4 Å². The van der Waals surface area contributed by atoms with Crippen molar-refractivity contribution < 1.29 is 9.18 Å². The fourth-order valence-electron chi connectivity index (χ4n) is 3.84. The molecular weight excluding hydrogens is 457 g/mol. The minimum Gasteiger partial charge on any atom is -0.345 e. The Bertz CT molecular complexity index is 1630. The van der Waals surface area contributed by atoms with Crippen LogP contribution in [0, 0.1) is 12.7 Å². The van der Waals surface area contributed by atoms with Crippen molar-refractivity contribution in [1.29, 1.82) is 0 Å². The summed E-state index contributed by atoms with van der Waals surface area (Å²) >= 11 is 6.13. The second kappa shape index (κ2) is 8.72. The van der Waals surface area contributed by atoms with E-state index in [4.69, 9.17) is 11.6 Å². The van der Waals surface area contributed by atoms with Crippen molar-refractivity contribution in [3.05, 3.63) is 110 Å². The van der Waals surface area contributed by atoms with Crippen LogP contribution in [-0.4, -0.2) is 25.1 Å². The number of hydrogen-bond donors (Lipinski definition) is 1. The largest absolute Gasteiger partial charge is 0.345 e. The Morgan fingerprint density at radius 3 is 2.68 bits per heavy atom. The van der Waals surface area contributed by atoms with Crippen LogP contribution in [0.2, 0.25) is 5.02 Å². The van der Waals surface area contributed by atoms with E-state index in [1.807, 2.05) is 37.3 Å². The molecule has 0 spiro atoms. The molecular formula is C25H19ClFN5O2. The standard InChI is InChI=1S/C25H19ClFN5O2/c1-15-9-10-20-21(11-15)31(14-16-5-4-7-18(26)12-16)25(34)23-29-22(30-32(20)23)24(33)28-13-17-6-2-3-8-19(17)27/h2-12H,13-14H2,1H3,(H,28,33). The molecule has 0 saturated carbocycles. The van der Waals surface area contributed by atoms with E-state index in [1.54, 1.807) is 34.9 Å². The Morgan fingerprint density at radius 1 is 1.06 bits per heavy atom. The van der Waals surface area contributed by atoms with Gasteiger partial charge in [-0.1, -0.05) is 48.0 Å². The van der Waals surface area contributed by atoms with Gasteiger partial charge in [-0.2, -0.15) is 4.98 Å². The Balaban J connectivity index is 1.58. The fourth-order valence-corrected chi connectivity index (χ4v) is 4.06. The Kier molecular flexibility index (Phi) is 5.59. The lowest BCUT2D eigenvalue weighted by Crippen LogP contribution is -2.24. The highest BCUT2D eigenvalue weighted by atomic mass is 35.5. The molecule has 5 aromatic rings. The first kappa shape index (κ1) is 21.8. The van der Waals surface area contributed by atoms with Crippen molar-refractivity contribution in [3.63, 3.8) is 0 Å². The summed E-state index contributed by atoms with van der Waals surface area (Å²) in [5.41, 5.74) is 3.07.